The van der Waals surface area contributed by atoms with E-state index in [1.807, 2.05) is 0 Å². The Morgan fingerprint density at radius 2 is 0.894 bits per heavy atom. The van der Waals surface area contributed by atoms with Crippen molar-refractivity contribution >= 4 is 38.9 Å². The van der Waals surface area contributed by atoms with E-state index in [0.717, 1.165) is 17.1 Å². The van der Waals surface area contributed by atoms with Gasteiger partial charge >= 0.3 is 0 Å². The van der Waals surface area contributed by atoms with E-state index in [4.69, 9.17) is 0 Å². The van der Waals surface area contributed by atoms with E-state index in [9.17, 15) is 0 Å². The highest BCUT2D eigenvalue weighted by molar-refractivity contribution is 6.13. The van der Waals surface area contributed by atoms with Crippen molar-refractivity contribution in [3.63, 3.8) is 0 Å². The molecule has 0 unspecified atom stereocenters. The summed E-state index contributed by atoms with van der Waals surface area (Å²) in [6.07, 6.45) is 0. The molecule has 14 rings (SSSR count). The minimum Gasteiger partial charge on any atom is -0.310 e. The molecule has 0 saturated carbocycles. The van der Waals surface area contributed by atoms with Gasteiger partial charge in [-0.1, -0.05) is 196 Å². The first-order chi connectivity index (χ1) is 32.5. The van der Waals surface area contributed by atoms with Gasteiger partial charge in [0.25, 0.3) is 0 Å². The summed E-state index contributed by atoms with van der Waals surface area (Å²) < 4.78 is 2.55. The molecular formula is C64H44N2. The summed E-state index contributed by atoms with van der Waals surface area (Å²) >= 11 is 0. The molecule has 0 bridgehead atoms. The maximum atomic E-state index is 2.55. The van der Waals surface area contributed by atoms with E-state index in [1.165, 1.54) is 105 Å². The fourth-order valence-electron chi connectivity index (χ4n) is 12.4. The largest absolute Gasteiger partial charge is 0.310 e. The van der Waals surface area contributed by atoms with E-state index >= 15 is 0 Å². The molecule has 66 heavy (non-hydrogen) atoms. The van der Waals surface area contributed by atoms with Gasteiger partial charge in [0, 0.05) is 33.1 Å². The molecule has 0 amide bonds. The zero-order chi connectivity index (χ0) is 43.7. The first kappa shape index (κ1) is 37.2. The van der Waals surface area contributed by atoms with Crippen LogP contribution < -0.4 is 4.90 Å². The van der Waals surface area contributed by atoms with Gasteiger partial charge in [0.2, 0.25) is 0 Å². The molecule has 3 aliphatic rings. The van der Waals surface area contributed by atoms with Crippen LogP contribution in [0.3, 0.4) is 0 Å². The number of anilines is 3. The van der Waals surface area contributed by atoms with E-state index in [1.54, 1.807) is 0 Å². The molecule has 0 radical (unpaired) electrons. The fraction of sp³-hybridized carbons (Fsp3) is 0.0625. The van der Waals surface area contributed by atoms with Gasteiger partial charge in [-0.15, -0.1) is 0 Å². The Balaban J connectivity index is 1.03. The van der Waals surface area contributed by atoms with Crippen molar-refractivity contribution in [2.24, 2.45) is 0 Å². The molecule has 0 saturated heterocycles. The number of benzene rings is 10. The molecule has 1 aliphatic heterocycles. The zero-order valence-corrected chi connectivity index (χ0v) is 36.8. The van der Waals surface area contributed by atoms with Gasteiger partial charge in [-0.05, 0) is 121 Å². The molecule has 310 valence electrons. The standard InChI is InChI=1S/C64H44N2/c1-63(2)53-25-11-6-22-49(53)52-40-45(36-37-54(52)63)65(44-34-31-42(32-35-44)41-17-4-3-5-18-41)59-29-14-9-19-46(59)43-33-38-61-58(39-43)64(55-26-12-7-20-47(55)48-21-8-13-27-56(48)64)57-28-16-24-51-50-23-10-15-30-60(50)66(61)62(51)57/h3-40H,1-2H3. The van der Waals surface area contributed by atoms with E-state index < -0.39 is 5.41 Å². The van der Waals surface area contributed by atoms with Gasteiger partial charge in [0.05, 0.1) is 27.8 Å². The third-order valence-corrected chi connectivity index (χ3v) is 15.2. The van der Waals surface area contributed by atoms with Gasteiger partial charge in [-0.2, -0.15) is 0 Å². The second-order valence-electron chi connectivity index (χ2n) is 18.8. The number of hydrogen-bond donors (Lipinski definition) is 0. The van der Waals surface area contributed by atoms with Crippen molar-refractivity contribution in [3.8, 4) is 50.2 Å². The van der Waals surface area contributed by atoms with Crippen molar-refractivity contribution < 1.29 is 0 Å². The van der Waals surface area contributed by atoms with Crippen LogP contribution in [-0.2, 0) is 10.8 Å². The zero-order valence-electron chi connectivity index (χ0n) is 36.8. The van der Waals surface area contributed by atoms with Gasteiger partial charge < -0.3 is 9.47 Å². The van der Waals surface area contributed by atoms with Crippen molar-refractivity contribution in [1.29, 1.82) is 0 Å². The molecule has 2 heterocycles. The number of nitrogens with zero attached hydrogens (tertiary/aromatic N) is 2. The van der Waals surface area contributed by atoms with E-state index in [2.05, 4.69) is 254 Å². The Hall–Kier alpha value is -8.20. The summed E-state index contributed by atoms with van der Waals surface area (Å²) in [5.74, 6) is 0. The SMILES string of the molecule is CC1(C)c2ccccc2-c2cc(N(c3ccc(-c4ccccc4)cc3)c3ccccc3-c3ccc4c(c3)C3(c5ccccc5-c5ccccc53)c3cccc5c6ccccc6n-4c35)ccc21. The van der Waals surface area contributed by atoms with Gasteiger partial charge in [0.1, 0.15) is 0 Å². The molecule has 2 aliphatic carbocycles. The summed E-state index contributed by atoms with van der Waals surface area (Å²) in [4.78, 5) is 2.48. The smallest absolute Gasteiger partial charge is 0.0754 e. The molecule has 11 aromatic rings. The molecule has 2 nitrogen and oxygen atoms in total. The minimum atomic E-state index is -0.537. The minimum absolute atomic E-state index is 0.0870. The van der Waals surface area contributed by atoms with Crippen molar-refractivity contribution in [3.05, 3.63) is 264 Å². The first-order valence-corrected chi connectivity index (χ1v) is 23.2. The van der Waals surface area contributed by atoms with Gasteiger partial charge in [-0.25, -0.2) is 0 Å². The molecule has 1 aromatic heterocycles. The predicted octanol–water partition coefficient (Wildman–Crippen LogP) is 16.6. The highest BCUT2D eigenvalue weighted by atomic mass is 15.1. The molecule has 0 fully saturated rings. The highest BCUT2D eigenvalue weighted by Crippen LogP contribution is 2.61. The molecule has 0 N–H and O–H groups in total. The topological polar surface area (TPSA) is 8.17 Å². The van der Waals surface area contributed by atoms with Gasteiger partial charge in [-0.3, -0.25) is 0 Å². The Kier molecular flexibility index (Phi) is 7.70. The quantitative estimate of drug-likeness (QED) is 0.168. The third-order valence-electron chi connectivity index (χ3n) is 15.2. The number of hydrogen-bond acceptors (Lipinski definition) is 1. The fourth-order valence-corrected chi connectivity index (χ4v) is 12.4. The normalized spacial score (nSPS) is 14.2. The average molecular weight is 841 g/mol. The lowest BCUT2D eigenvalue weighted by molar-refractivity contribution is 0.660. The summed E-state index contributed by atoms with van der Waals surface area (Å²) in [5, 5.41) is 2.57. The number of fused-ring (bicyclic) bond motifs is 15. The van der Waals surface area contributed by atoms with Gasteiger partial charge in [0.15, 0.2) is 0 Å². The second-order valence-corrected chi connectivity index (χ2v) is 18.8. The van der Waals surface area contributed by atoms with Crippen LogP contribution in [0, 0.1) is 0 Å². The summed E-state index contributed by atoms with van der Waals surface area (Å²) in [7, 11) is 0. The van der Waals surface area contributed by atoms with Crippen LogP contribution in [0.15, 0.2) is 231 Å². The molecule has 2 heteroatoms. The lowest BCUT2D eigenvalue weighted by Crippen LogP contribution is -2.33. The van der Waals surface area contributed by atoms with E-state index in [-0.39, 0.29) is 5.41 Å². The van der Waals surface area contributed by atoms with Crippen LogP contribution in [0.25, 0.3) is 72.0 Å². The first-order valence-electron chi connectivity index (χ1n) is 23.2. The molecule has 0 atom stereocenters. The maximum absolute atomic E-state index is 2.55. The van der Waals surface area contributed by atoms with Crippen molar-refractivity contribution in [2.45, 2.75) is 24.7 Å². The van der Waals surface area contributed by atoms with Crippen molar-refractivity contribution in [1.82, 2.24) is 4.57 Å². The Morgan fingerprint density at radius 1 is 0.348 bits per heavy atom. The van der Waals surface area contributed by atoms with Crippen LogP contribution in [0.4, 0.5) is 17.1 Å². The maximum Gasteiger partial charge on any atom is 0.0754 e. The van der Waals surface area contributed by atoms with Crippen LogP contribution in [0.1, 0.15) is 47.2 Å². The number of rotatable bonds is 5. The van der Waals surface area contributed by atoms with Crippen molar-refractivity contribution in [2.75, 3.05) is 4.90 Å². The molecule has 10 aromatic carbocycles. The Labute approximate surface area is 385 Å². The average Bonchev–Trinajstić information content (AvgIpc) is 3.96. The van der Waals surface area contributed by atoms with Crippen LogP contribution in [0.2, 0.25) is 0 Å². The lowest BCUT2D eigenvalue weighted by Gasteiger charge is -2.40. The van der Waals surface area contributed by atoms with Crippen LogP contribution in [0.5, 0.6) is 0 Å². The Bertz CT molecular complexity index is 3750. The Morgan fingerprint density at radius 3 is 1.65 bits per heavy atom. The third kappa shape index (κ3) is 4.91. The summed E-state index contributed by atoms with van der Waals surface area (Å²) in [6, 6.07) is 86.4. The lowest BCUT2D eigenvalue weighted by atomic mass is 9.65. The number of aromatic nitrogens is 1. The van der Waals surface area contributed by atoms with E-state index in [0.29, 0.717) is 0 Å². The second kappa shape index (κ2) is 13.7. The summed E-state index contributed by atoms with van der Waals surface area (Å²) in [5.41, 5.74) is 24.5. The molecular weight excluding hydrogens is 797 g/mol. The monoisotopic (exact) mass is 840 g/mol. The van der Waals surface area contributed by atoms with Crippen LogP contribution in [-0.4, -0.2) is 4.57 Å². The number of para-hydroxylation sites is 3. The molecule has 1 spiro atoms. The summed E-state index contributed by atoms with van der Waals surface area (Å²) in [6.45, 7) is 4.72. The van der Waals surface area contributed by atoms with Crippen LogP contribution >= 0.6 is 0 Å². The highest BCUT2D eigenvalue weighted by Gasteiger charge is 2.51. The predicted molar refractivity (Wildman–Crippen MR) is 275 cm³/mol.